The zero-order chi connectivity index (χ0) is 15.4. The zero-order valence-electron chi connectivity index (χ0n) is 11.8. The van der Waals surface area contributed by atoms with Gasteiger partial charge in [0.1, 0.15) is 24.0 Å². The monoisotopic (exact) mass is 311 g/mol. The van der Waals surface area contributed by atoms with Crippen LogP contribution in [0.25, 0.3) is 0 Å². The fourth-order valence-corrected chi connectivity index (χ4v) is 2.15. The Balaban J connectivity index is 2.24. The average Bonchev–Trinajstić information content (AvgIpc) is 2.47. The van der Waals surface area contributed by atoms with E-state index < -0.39 is 11.6 Å². The van der Waals surface area contributed by atoms with E-state index in [1.54, 1.807) is 18.2 Å². The van der Waals surface area contributed by atoms with Crippen LogP contribution in [-0.2, 0) is 6.61 Å². The van der Waals surface area contributed by atoms with Crippen molar-refractivity contribution in [3.63, 3.8) is 0 Å². The van der Waals surface area contributed by atoms with Crippen molar-refractivity contribution in [1.29, 1.82) is 0 Å². The minimum atomic E-state index is -0.618. The molecule has 1 unspecified atom stereocenters. The lowest BCUT2D eigenvalue weighted by Crippen LogP contribution is -2.14. The maximum absolute atomic E-state index is 13.6. The van der Waals surface area contributed by atoms with Crippen molar-refractivity contribution in [3.8, 4) is 5.75 Å². The SMILES string of the molecule is CNC(C)c1cc(Cl)ccc1OCc1c(F)cccc1F. The molecule has 0 spiro atoms. The fourth-order valence-electron chi connectivity index (χ4n) is 1.96. The molecule has 0 saturated heterocycles. The molecule has 2 aromatic carbocycles. The lowest BCUT2D eigenvalue weighted by Gasteiger charge is -2.17. The molecule has 0 aromatic heterocycles. The van der Waals surface area contributed by atoms with Gasteiger partial charge in [-0.25, -0.2) is 8.78 Å². The van der Waals surface area contributed by atoms with E-state index in [2.05, 4.69) is 5.32 Å². The lowest BCUT2D eigenvalue weighted by atomic mass is 10.1. The van der Waals surface area contributed by atoms with E-state index in [1.807, 2.05) is 14.0 Å². The molecule has 0 fully saturated rings. The molecular formula is C16H16ClF2NO. The van der Waals surface area contributed by atoms with Gasteiger partial charge in [0.25, 0.3) is 0 Å². The summed E-state index contributed by atoms with van der Waals surface area (Å²) in [6, 6.07) is 8.90. The Morgan fingerprint density at radius 2 is 1.86 bits per heavy atom. The van der Waals surface area contributed by atoms with Gasteiger partial charge >= 0.3 is 0 Å². The minimum Gasteiger partial charge on any atom is -0.488 e. The van der Waals surface area contributed by atoms with Gasteiger partial charge in [-0.1, -0.05) is 17.7 Å². The van der Waals surface area contributed by atoms with Gasteiger partial charge in [-0.2, -0.15) is 0 Å². The Labute approximate surface area is 127 Å². The van der Waals surface area contributed by atoms with Gasteiger partial charge in [0, 0.05) is 16.6 Å². The van der Waals surface area contributed by atoms with Gasteiger partial charge in [0.05, 0.1) is 5.56 Å². The van der Waals surface area contributed by atoms with Crippen molar-refractivity contribution in [3.05, 3.63) is 64.2 Å². The molecule has 0 aliphatic heterocycles. The number of hydrogen-bond donors (Lipinski definition) is 1. The van der Waals surface area contributed by atoms with Crippen molar-refractivity contribution in [2.24, 2.45) is 0 Å². The Kier molecular flexibility index (Phi) is 5.15. The Hall–Kier alpha value is -1.65. The summed E-state index contributed by atoms with van der Waals surface area (Å²) in [7, 11) is 1.81. The van der Waals surface area contributed by atoms with Crippen LogP contribution in [-0.4, -0.2) is 7.05 Å². The van der Waals surface area contributed by atoms with E-state index >= 15 is 0 Å². The lowest BCUT2D eigenvalue weighted by molar-refractivity contribution is 0.287. The highest BCUT2D eigenvalue weighted by atomic mass is 35.5. The number of benzene rings is 2. The third-order valence-electron chi connectivity index (χ3n) is 3.31. The molecule has 0 aliphatic rings. The predicted molar refractivity (Wildman–Crippen MR) is 79.6 cm³/mol. The fraction of sp³-hybridized carbons (Fsp3) is 0.250. The predicted octanol–water partition coefficient (Wildman–Crippen LogP) is 4.48. The zero-order valence-corrected chi connectivity index (χ0v) is 12.5. The first kappa shape index (κ1) is 15.7. The van der Waals surface area contributed by atoms with Crippen LogP contribution in [0.4, 0.5) is 8.78 Å². The quantitative estimate of drug-likeness (QED) is 0.879. The first-order valence-corrected chi connectivity index (χ1v) is 6.93. The van der Waals surface area contributed by atoms with Gasteiger partial charge in [-0.15, -0.1) is 0 Å². The molecule has 112 valence electrons. The third-order valence-corrected chi connectivity index (χ3v) is 3.54. The second kappa shape index (κ2) is 6.87. The maximum Gasteiger partial charge on any atom is 0.132 e. The average molecular weight is 312 g/mol. The highest BCUT2D eigenvalue weighted by Gasteiger charge is 2.13. The second-order valence-electron chi connectivity index (χ2n) is 4.68. The van der Waals surface area contributed by atoms with Crippen molar-refractivity contribution in [1.82, 2.24) is 5.32 Å². The van der Waals surface area contributed by atoms with Crippen molar-refractivity contribution in [2.75, 3.05) is 7.05 Å². The summed E-state index contributed by atoms with van der Waals surface area (Å²) in [6.45, 7) is 1.77. The van der Waals surface area contributed by atoms with Crippen LogP contribution in [0.2, 0.25) is 5.02 Å². The minimum absolute atomic E-state index is 0.00386. The molecule has 0 amide bonds. The Morgan fingerprint density at radius 1 is 1.19 bits per heavy atom. The van der Waals surface area contributed by atoms with Crippen LogP contribution in [0.1, 0.15) is 24.1 Å². The molecule has 0 bridgehead atoms. The molecule has 1 N–H and O–H groups in total. The molecule has 2 nitrogen and oxygen atoms in total. The Morgan fingerprint density at radius 3 is 2.48 bits per heavy atom. The van der Waals surface area contributed by atoms with Crippen molar-refractivity contribution < 1.29 is 13.5 Å². The highest BCUT2D eigenvalue weighted by molar-refractivity contribution is 6.30. The molecular weight excluding hydrogens is 296 g/mol. The number of hydrogen-bond acceptors (Lipinski definition) is 2. The van der Waals surface area contributed by atoms with Crippen LogP contribution < -0.4 is 10.1 Å². The molecule has 5 heteroatoms. The smallest absolute Gasteiger partial charge is 0.132 e. The number of ether oxygens (including phenoxy) is 1. The van der Waals surface area contributed by atoms with E-state index in [4.69, 9.17) is 16.3 Å². The second-order valence-corrected chi connectivity index (χ2v) is 5.12. The number of rotatable bonds is 5. The summed E-state index contributed by atoms with van der Waals surface area (Å²) in [5.41, 5.74) is 0.747. The standard InChI is InChI=1S/C16H16ClF2NO/c1-10(20-2)12-8-11(17)6-7-16(12)21-9-13-14(18)4-3-5-15(13)19/h3-8,10,20H,9H2,1-2H3. The normalized spacial score (nSPS) is 12.2. The Bertz CT molecular complexity index is 613. The molecule has 0 heterocycles. The van der Waals surface area contributed by atoms with Crippen LogP contribution >= 0.6 is 11.6 Å². The number of nitrogens with one attached hydrogen (secondary N) is 1. The summed E-state index contributed by atoms with van der Waals surface area (Å²) in [5.74, 6) is -0.691. The largest absolute Gasteiger partial charge is 0.488 e. The van der Waals surface area contributed by atoms with Crippen molar-refractivity contribution in [2.45, 2.75) is 19.6 Å². The van der Waals surface area contributed by atoms with E-state index in [9.17, 15) is 8.78 Å². The first-order valence-electron chi connectivity index (χ1n) is 6.55. The van der Waals surface area contributed by atoms with Crippen LogP contribution in [0, 0.1) is 11.6 Å². The first-order chi connectivity index (χ1) is 10.0. The summed E-state index contributed by atoms with van der Waals surface area (Å²) in [6.07, 6.45) is 0. The topological polar surface area (TPSA) is 21.3 Å². The van der Waals surface area contributed by atoms with E-state index in [0.717, 1.165) is 5.56 Å². The molecule has 2 aromatic rings. The van der Waals surface area contributed by atoms with Crippen LogP contribution in [0.15, 0.2) is 36.4 Å². The van der Waals surface area contributed by atoms with Crippen LogP contribution in [0.3, 0.4) is 0 Å². The van der Waals surface area contributed by atoms with E-state index in [0.29, 0.717) is 10.8 Å². The summed E-state index contributed by atoms with van der Waals surface area (Å²) >= 11 is 5.98. The molecule has 0 saturated carbocycles. The van der Waals surface area contributed by atoms with Gasteiger partial charge in [0.2, 0.25) is 0 Å². The van der Waals surface area contributed by atoms with Gasteiger partial charge in [-0.3, -0.25) is 0 Å². The van der Waals surface area contributed by atoms with Crippen molar-refractivity contribution >= 4 is 11.6 Å². The molecule has 2 rings (SSSR count). The van der Waals surface area contributed by atoms with Gasteiger partial charge in [0.15, 0.2) is 0 Å². The summed E-state index contributed by atoms with van der Waals surface area (Å²) in [5, 5.41) is 3.66. The molecule has 0 radical (unpaired) electrons. The van der Waals surface area contributed by atoms with E-state index in [1.165, 1.54) is 18.2 Å². The highest BCUT2D eigenvalue weighted by Crippen LogP contribution is 2.29. The van der Waals surface area contributed by atoms with Crippen LogP contribution in [0.5, 0.6) is 5.75 Å². The van der Waals surface area contributed by atoms with Gasteiger partial charge < -0.3 is 10.1 Å². The third kappa shape index (κ3) is 3.71. The maximum atomic E-state index is 13.6. The molecule has 1 atom stereocenters. The summed E-state index contributed by atoms with van der Waals surface area (Å²) < 4.78 is 32.8. The molecule has 0 aliphatic carbocycles. The van der Waals surface area contributed by atoms with E-state index in [-0.39, 0.29) is 18.2 Å². The summed E-state index contributed by atoms with van der Waals surface area (Å²) in [4.78, 5) is 0. The number of halogens is 3. The van der Waals surface area contributed by atoms with Gasteiger partial charge in [-0.05, 0) is 44.3 Å². The molecule has 21 heavy (non-hydrogen) atoms.